The molecule has 4 heteroatoms. The number of hydrogen-bond acceptors (Lipinski definition) is 1. The van der Waals surface area contributed by atoms with Crippen LogP contribution in [-0.4, -0.2) is 26.5 Å². The third-order valence-corrected chi connectivity index (χ3v) is 1.83. The van der Waals surface area contributed by atoms with Gasteiger partial charge in [-0.15, -0.1) is 0 Å². The minimum atomic E-state index is -0.672. The second-order valence-electron chi connectivity index (χ2n) is 6.49. The summed E-state index contributed by atoms with van der Waals surface area (Å²) >= 11 is 0. The van der Waals surface area contributed by atoms with Crippen molar-refractivity contribution in [3.05, 3.63) is 0 Å². The lowest BCUT2D eigenvalue weighted by Gasteiger charge is -2.38. The van der Waals surface area contributed by atoms with Gasteiger partial charge in [-0.05, 0) is 34.1 Å². The van der Waals surface area contributed by atoms with E-state index in [0.29, 0.717) is 0 Å². The first-order chi connectivity index (χ1) is 5.97. The quantitative estimate of drug-likeness (QED) is 0.617. The normalized spacial score (nSPS) is 14.2. The van der Waals surface area contributed by atoms with Crippen LogP contribution in [0, 0.1) is 0 Å². The molecule has 0 aliphatic heterocycles. The number of halogens is 1. The molecule has 0 bridgehead atoms. The molecule has 0 aromatic rings. The molecule has 14 heavy (non-hydrogen) atoms. The Kier molecular flexibility index (Phi) is 4.26. The van der Waals surface area contributed by atoms with Gasteiger partial charge in [0.05, 0.1) is 11.1 Å². The SMILES string of the molecule is BC(C)(C)CC(C)(C)OC(C)(C)BF. The minimum Gasteiger partial charge on any atom is -0.375 e. The molecule has 0 unspecified atom stereocenters. The average molecular weight is 200 g/mol. The second-order valence-corrected chi connectivity index (χ2v) is 6.49. The Morgan fingerprint density at radius 2 is 1.57 bits per heavy atom. The van der Waals surface area contributed by atoms with Gasteiger partial charge in [0, 0.05) is 0 Å². The molecule has 0 aliphatic carbocycles. The summed E-state index contributed by atoms with van der Waals surface area (Å²) in [7, 11) is 1.72. The van der Waals surface area contributed by atoms with Crippen molar-refractivity contribution in [2.45, 2.75) is 64.4 Å². The van der Waals surface area contributed by atoms with Crippen molar-refractivity contribution in [3.8, 4) is 0 Å². The van der Waals surface area contributed by atoms with Crippen LogP contribution in [0.15, 0.2) is 0 Å². The molecule has 0 aromatic heterocycles. The van der Waals surface area contributed by atoms with E-state index in [1.165, 1.54) is 0 Å². The highest BCUT2D eigenvalue weighted by Gasteiger charge is 2.33. The Hall–Kier alpha value is 0.0199. The van der Waals surface area contributed by atoms with Crippen molar-refractivity contribution < 1.29 is 9.05 Å². The van der Waals surface area contributed by atoms with Crippen LogP contribution in [0.2, 0.25) is 5.31 Å². The summed E-state index contributed by atoms with van der Waals surface area (Å²) in [5.41, 5.74) is -0.942. The molecule has 0 saturated carbocycles. The predicted molar refractivity (Wildman–Crippen MR) is 64.7 cm³/mol. The van der Waals surface area contributed by atoms with Crippen LogP contribution in [0.4, 0.5) is 4.32 Å². The highest BCUT2D eigenvalue weighted by atomic mass is 19.1. The van der Waals surface area contributed by atoms with Gasteiger partial charge in [0.1, 0.15) is 7.85 Å². The molecule has 0 amide bonds. The lowest BCUT2D eigenvalue weighted by atomic mass is 9.66. The van der Waals surface area contributed by atoms with Gasteiger partial charge in [0.25, 0.3) is 0 Å². The third-order valence-electron chi connectivity index (χ3n) is 1.83. The Morgan fingerprint density at radius 1 is 1.14 bits per heavy atom. The van der Waals surface area contributed by atoms with E-state index in [1.807, 2.05) is 13.8 Å². The maximum absolute atomic E-state index is 12.6. The molecule has 0 aliphatic rings. The summed E-state index contributed by atoms with van der Waals surface area (Å²) in [4.78, 5) is 0. The molecule has 0 aromatic carbocycles. The number of hydrogen-bond donors (Lipinski definition) is 0. The molecule has 0 rings (SSSR count). The van der Waals surface area contributed by atoms with Crippen LogP contribution >= 0.6 is 0 Å². The van der Waals surface area contributed by atoms with E-state index in [2.05, 4.69) is 21.7 Å². The van der Waals surface area contributed by atoms with Gasteiger partial charge < -0.3 is 9.05 Å². The third kappa shape index (κ3) is 6.47. The maximum atomic E-state index is 12.6. The zero-order chi connectivity index (χ0) is 11.6. The largest absolute Gasteiger partial charge is 0.375 e. The average Bonchev–Trinajstić information content (AvgIpc) is 1.78. The summed E-state index contributed by atoms with van der Waals surface area (Å²) in [5.74, 6) is 0. The van der Waals surface area contributed by atoms with Crippen LogP contribution in [-0.2, 0) is 4.74 Å². The van der Waals surface area contributed by atoms with Crippen molar-refractivity contribution in [1.29, 1.82) is 0 Å². The van der Waals surface area contributed by atoms with Gasteiger partial charge in [-0.2, -0.15) is 0 Å². The molecule has 82 valence electrons. The fraction of sp³-hybridized carbons (Fsp3) is 1.00. The van der Waals surface area contributed by atoms with E-state index in [0.717, 1.165) is 6.42 Å². The van der Waals surface area contributed by atoms with Crippen LogP contribution in [0.3, 0.4) is 0 Å². The lowest BCUT2D eigenvalue weighted by molar-refractivity contribution is -0.0913. The topological polar surface area (TPSA) is 9.23 Å². The Labute approximate surface area is 89.5 Å². The van der Waals surface area contributed by atoms with Crippen LogP contribution in [0.5, 0.6) is 0 Å². The predicted octanol–water partition coefficient (Wildman–Crippen LogP) is 2.06. The van der Waals surface area contributed by atoms with Gasteiger partial charge in [-0.3, -0.25) is 0 Å². The van der Waals surface area contributed by atoms with E-state index < -0.39 is 13.1 Å². The fourth-order valence-corrected chi connectivity index (χ4v) is 2.09. The first-order valence-electron chi connectivity index (χ1n) is 5.24. The molecule has 0 spiro atoms. The summed E-state index contributed by atoms with van der Waals surface area (Å²) in [5, 5.41) is 0.204. The van der Waals surface area contributed by atoms with Crippen molar-refractivity contribution in [2.24, 2.45) is 0 Å². The zero-order valence-electron chi connectivity index (χ0n) is 10.7. The molecule has 0 fully saturated rings. The van der Waals surface area contributed by atoms with Crippen LogP contribution < -0.4 is 0 Å². The van der Waals surface area contributed by atoms with Crippen molar-refractivity contribution in [1.82, 2.24) is 0 Å². The monoisotopic (exact) mass is 200 g/mol. The van der Waals surface area contributed by atoms with Gasteiger partial charge >= 0.3 is 7.56 Å². The van der Waals surface area contributed by atoms with Crippen molar-refractivity contribution >= 4 is 15.4 Å². The van der Waals surface area contributed by atoms with E-state index in [-0.39, 0.29) is 10.9 Å². The van der Waals surface area contributed by atoms with Crippen molar-refractivity contribution in [2.75, 3.05) is 0 Å². The first kappa shape index (κ1) is 14.0. The van der Waals surface area contributed by atoms with E-state index >= 15 is 0 Å². The first-order valence-corrected chi connectivity index (χ1v) is 5.24. The molecule has 0 radical (unpaired) electrons. The highest BCUT2D eigenvalue weighted by Crippen LogP contribution is 2.35. The molecule has 0 saturated heterocycles. The van der Waals surface area contributed by atoms with E-state index in [4.69, 9.17) is 4.74 Å². The Morgan fingerprint density at radius 3 is 1.86 bits per heavy atom. The molecular formula is C10H23B2FO. The molecule has 0 heterocycles. The summed E-state index contributed by atoms with van der Waals surface area (Å²) in [6.07, 6.45) is 0.920. The minimum absolute atomic E-state index is 0.204. The van der Waals surface area contributed by atoms with Crippen LogP contribution in [0.1, 0.15) is 48.0 Å². The van der Waals surface area contributed by atoms with Gasteiger partial charge in [0.15, 0.2) is 0 Å². The summed E-state index contributed by atoms with van der Waals surface area (Å²) in [6, 6.07) is 0. The number of ether oxygens (including phenoxy) is 1. The number of rotatable bonds is 5. The maximum Gasteiger partial charge on any atom is 0.363 e. The molecular weight excluding hydrogens is 177 g/mol. The van der Waals surface area contributed by atoms with Gasteiger partial charge in [0.2, 0.25) is 0 Å². The van der Waals surface area contributed by atoms with E-state index in [1.54, 1.807) is 13.8 Å². The van der Waals surface area contributed by atoms with Gasteiger partial charge in [-0.25, -0.2) is 0 Å². The molecule has 0 atom stereocenters. The lowest BCUT2D eigenvalue weighted by Crippen LogP contribution is -2.41. The summed E-state index contributed by atoms with van der Waals surface area (Å²) < 4.78 is 18.4. The standard InChI is InChI=1S/C10H23B2FO/c1-8(2,11)7-9(3,4)14-10(5,6)12-13/h12H,7,11H2,1-6H3. The van der Waals surface area contributed by atoms with E-state index in [9.17, 15) is 4.32 Å². The van der Waals surface area contributed by atoms with Crippen molar-refractivity contribution in [3.63, 3.8) is 0 Å². The fourth-order valence-electron chi connectivity index (χ4n) is 2.09. The smallest absolute Gasteiger partial charge is 0.363 e. The van der Waals surface area contributed by atoms with Crippen LogP contribution in [0.25, 0.3) is 0 Å². The Bertz CT molecular complexity index is 185. The molecule has 0 N–H and O–H groups in total. The van der Waals surface area contributed by atoms with Gasteiger partial charge in [-0.1, -0.05) is 19.2 Å². The summed E-state index contributed by atoms with van der Waals surface area (Å²) in [6.45, 7) is 12.0. The zero-order valence-corrected chi connectivity index (χ0v) is 10.7. The second kappa shape index (κ2) is 4.26. The molecule has 1 nitrogen and oxygen atoms in total. The Balaban J connectivity index is 4.35. The highest BCUT2D eigenvalue weighted by molar-refractivity contribution is 6.30.